The van der Waals surface area contributed by atoms with Crippen LogP contribution in [0.2, 0.25) is 0 Å². The molecule has 0 atom stereocenters. The number of rotatable bonds is 8. The van der Waals surface area contributed by atoms with Crippen molar-refractivity contribution in [2.24, 2.45) is 0 Å². The van der Waals surface area contributed by atoms with E-state index in [0.717, 1.165) is 17.7 Å². The van der Waals surface area contributed by atoms with Gasteiger partial charge in [0, 0.05) is 26.2 Å². The lowest BCUT2D eigenvalue weighted by Gasteiger charge is -2.31. The molecular formula is C24H31N3O6S. The van der Waals surface area contributed by atoms with Crippen LogP contribution in [-0.4, -0.2) is 77.8 Å². The second-order valence-electron chi connectivity index (χ2n) is 8.09. The molecule has 2 aliphatic rings. The molecular weight excluding hydrogens is 458 g/mol. The second-order valence-corrected chi connectivity index (χ2v) is 10.0. The van der Waals surface area contributed by atoms with Crippen LogP contribution in [0.4, 0.5) is 11.4 Å². The monoisotopic (exact) mass is 489 g/mol. The molecule has 0 unspecified atom stereocenters. The third-order valence-corrected chi connectivity index (χ3v) is 7.81. The summed E-state index contributed by atoms with van der Waals surface area (Å²) in [6.45, 7) is 5.63. The van der Waals surface area contributed by atoms with Crippen molar-refractivity contribution in [2.75, 3.05) is 69.4 Å². The van der Waals surface area contributed by atoms with Crippen molar-refractivity contribution in [3.63, 3.8) is 0 Å². The molecule has 0 radical (unpaired) electrons. The Balaban J connectivity index is 1.56. The molecule has 0 saturated carbocycles. The third kappa shape index (κ3) is 5.69. The van der Waals surface area contributed by atoms with Crippen LogP contribution in [0.1, 0.15) is 12.5 Å². The highest BCUT2D eigenvalue weighted by molar-refractivity contribution is 7.89. The van der Waals surface area contributed by atoms with Gasteiger partial charge in [0.2, 0.25) is 10.0 Å². The molecule has 2 aromatic rings. The van der Waals surface area contributed by atoms with E-state index in [0.29, 0.717) is 64.0 Å². The van der Waals surface area contributed by atoms with E-state index in [1.165, 1.54) is 10.4 Å². The number of sulfonamides is 1. The first-order valence-electron chi connectivity index (χ1n) is 11.5. The van der Waals surface area contributed by atoms with E-state index < -0.39 is 10.0 Å². The molecule has 0 spiro atoms. The summed E-state index contributed by atoms with van der Waals surface area (Å²) in [7, 11) is -3.70. The molecule has 184 valence electrons. The van der Waals surface area contributed by atoms with Crippen LogP contribution in [0.5, 0.6) is 5.75 Å². The van der Waals surface area contributed by atoms with Crippen molar-refractivity contribution < 1.29 is 27.4 Å². The summed E-state index contributed by atoms with van der Waals surface area (Å²) in [5.74, 6) is 0.304. The van der Waals surface area contributed by atoms with Crippen molar-refractivity contribution in [3.8, 4) is 5.75 Å². The van der Waals surface area contributed by atoms with E-state index >= 15 is 0 Å². The zero-order chi connectivity index (χ0) is 24.0. The van der Waals surface area contributed by atoms with Crippen molar-refractivity contribution in [1.29, 1.82) is 0 Å². The van der Waals surface area contributed by atoms with E-state index in [4.69, 9.17) is 14.2 Å². The Hall–Kier alpha value is -2.66. The number of para-hydroxylation sites is 1. The second kappa shape index (κ2) is 11.2. The molecule has 4 rings (SSSR count). The molecule has 0 bridgehead atoms. The van der Waals surface area contributed by atoms with Crippen LogP contribution in [0.25, 0.3) is 0 Å². The Morgan fingerprint density at radius 1 is 1.00 bits per heavy atom. The van der Waals surface area contributed by atoms with Crippen LogP contribution in [0, 0.1) is 0 Å². The summed E-state index contributed by atoms with van der Waals surface area (Å²) in [6.07, 6.45) is 0.792. The Labute approximate surface area is 200 Å². The van der Waals surface area contributed by atoms with E-state index in [1.54, 1.807) is 12.1 Å². The lowest BCUT2D eigenvalue weighted by atomic mass is 10.1. The lowest BCUT2D eigenvalue weighted by Crippen LogP contribution is -2.40. The number of aryl methyl sites for hydroxylation is 1. The molecule has 1 amide bonds. The highest BCUT2D eigenvalue weighted by atomic mass is 32.2. The zero-order valence-electron chi connectivity index (χ0n) is 19.4. The summed E-state index contributed by atoms with van der Waals surface area (Å²) >= 11 is 0. The van der Waals surface area contributed by atoms with Crippen LogP contribution < -0.4 is 15.0 Å². The Morgan fingerprint density at radius 3 is 2.38 bits per heavy atom. The number of amides is 1. The minimum atomic E-state index is -3.70. The number of anilines is 2. The first-order valence-corrected chi connectivity index (χ1v) is 13.0. The molecule has 1 N–H and O–H groups in total. The number of nitrogens with one attached hydrogen (secondary N) is 1. The Bertz CT molecular complexity index is 1100. The maximum absolute atomic E-state index is 13.2. The van der Waals surface area contributed by atoms with E-state index in [-0.39, 0.29) is 17.4 Å². The standard InChI is InChI=1S/C24H31N3O6S/c1-2-19-5-3-4-6-23(19)33-18-24(28)25-21-17-20(34(29,30)27-11-15-32-16-12-27)7-8-22(21)26-9-13-31-14-10-26/h3-8,17H,2,9-16,18H2,1H3,(H,25,28). The summed E-state index contributed by atoms with van der Waals surface area (Å²) in [5, 5.41) is 2.88. The molecule has 0 aromatic heterocycles. The van der Waals surface area contributed by atoms with E-state index in [9.17, 15) is 13.2 Å². The number of carbonyl (C=O) groups is 1. The minimum Gasteiger partial charge on any atom is -0.483 e. The molecule has 2 fully saturated rings. The average Bonchev–Trinajstić information content (AvgIpc) is 2.88. The fourth-order valence-corrected chi connectivity index (χ4v) is 5.49. The van der Waals surface area contributed by atoms with Crippen LogP contribution in [0.15, 0.2) is 47.4 Å². The predicted molar refractivity (Wildman–Crippen MR) is 129 cm³/mol. The number of ether oxygens (including phenoxy) is 3. The molecule has 2 aromatic carbocycles. The van der Waals surface area contributed by atoms with Gasteiger partial charge in [0.25, 0.3) is 5.91 Å². The molecule has 34 heavy (non-hydrogen) atoms. The predicted octanol–water partition coefficient (Wildman–Crippen LogP) is 2.12. The van der Waals surface area contributed by atoms with Crippen molar-refractivity contribution in [1.82, 2.24) is 4.31 Å². The van der Waals surface area contributed by atoms with Crippen molar-refractivity contribution in [3.05, 3.63) is 48.0 Å². The van der Waals surface area contributed by atoms with Gasteiger partial charge in [-0.05, 0) is 36.2 Å². The van der Waals surface area contributed by atoms with Gasteiger partial charge in [-0.25, -0.2) is 8.42 Å². The topological polar surface area (TPSA) is 97.4 Å². The fourth-order valence-electron chi connectivity index (χ4n) is 4.06. The van der Waals surface area contributed by atoms with Crippen molar-refractivity contribution in [2.45, 2.75) is 18.2 Å². The fraction of sp³-hybridized carbons (Fsp3) is 0.458. The zero-order valence-corrected chi connectivity index (χ0v) is 20.2. The largest absolute Gasteiger partial charge is 0.483 e. The lowest BCUT2D eigenvalue weighted by molar-refractivity contribution is -0.118. The molecule has 2 saturated heterocycles. The number of nitrogens with zero attached hydrogens (tertiary/aromatic N) is 2. The summed E-state index contributed by atoms with van der Waals surface area (Å²) in [4.78, 5) is 15.0. The number of hydrogen-bond donors (Lipinski definition) is 1. The number of carbonyl (C=O) groups excluding carboxylic acids is 1. The minimum absolute atomic E-state index is 0.138. The number of hydrogen-bond acceptors (Lipinski definition) is 7. The molecule has 2 heterocycles. The van der Waals surface area contributed by atoms with Crippen LogP contribution >= 0.6 is 0 Å². The summed E-state index contributed by atoms with van der Waals surface area (Å²) in [5.41, 5.74) is 2.21. The van der Waals surface area contributed by atoms with Gasteiger partial charge in [-0.1, -0.05) is 25.1 Å². The van der Waals surface area contributed by atoms with Gasteiger partial charge in [-0.3, -0.25) is 4.79 Å². The Kier molecular flexibility index (Phi) is 8.04. The van der Waals surface area contributed by atoms with Gasteiger partial charge in [-0.15, -0.1) is 0 Å². The highest BCUT2D eigenvalue weighted by Gasteiger charge is 2.28. The van der Waals surface area contributed by atoms with Gasteiger partial charge in [0.1, 0.15) is 5.75 Å². The van der Waals surface area contributed by atoms with E-state index in [2.05, 4.69) is 10.2 Å². The normalized spacial score (nSPS) is 17.4. The summed E-state index contributed by atoms with van der Waals surface area (Å²) in [6, 6.07) is 12.5. The summed E-state index contributed by atoms with van der Waals surface area (Å²) < 4.78 is 44.3. The number of benzene rings is 2. The van der Waals surface area contributed by atoms with Gasteiger partial charge >= 0.3 is 0 Å². The third-order valence-electron chi connectivity index (χ3n) is 5.91. The maximum atomic E-state index is 13.2. The van der Waals surface area contributed by atoms with Gasteiger partial charge in [-0.2, -0.15) is 4.31 Å². The Morgan fingerprint density at radius 2 is 1.68 bits per heavy atom. The maximum Gasteiger partial charge on any atom is 0.262 e. The molecule has 10 heteroatoms. The number of morpholine rings is 2. The van der Waals surface area contributed by atoms with Crippen LogP contribution in [-0.2, 0) is 30.7 Å². The van der Waals surface area contributed by atoms with E-state index in [1.807, 2.05) is 31.2 Å². The average molecular weight is 490 g/mol. The smallest absolute Gasteiger partial charge is 0.262 e. The molecule has 9 nitrogen and oxygen atoms in total. The van der Waals surface area contributed by atoms with Crippen LogP contribution in [0.3, 0.4) is 0 Å². The SMILES string of the molecule is CCc1ccccc1OCC(=O)Nc1cc(S(=O)(=O)N2CCOCC2)ccc1N1CCOCC1. The highest BCUT2D eigenvalue weighted by Crippen LogP contribution is 2.31. The van der Waals surface area contributed by atoms with Gasteiger partial charge < -0.3 is 24.4 Å². The first kappa shape index (κ1) is 24.5. The first-order chi connectivity index (χ1) is 16.5. The van der Waals surface area contributed by atoms with Gasteiger partial charge in [0.05, 0.1) is 42.7 Å². The van der Waals surface area contributed by atoms with Gasteiger partial charge in [0.15, 0.2) is 6.61 Å². The molecule has 2 aliphatic heterocycles. The quantitative estimate of drug-likeness (QED) is 0.607. The van der Waals surface area contributed by atoms with Crippen molar-refractivity contribution >= 4 is 27.3 Å². The molecule has 0 aliphatic carbocycles.